The fourth-order valence-corrected chi connectivity index (χ4v) is 2.68. The fourth-order valence-electron chi connectivity index (χ4n) is 2.51. The maximum Gasteiger partial charge on any atom is 0.191 e. The third-order valence-electron chi connectivity index (χ3n) is 3.72. The summed E-state index contributed by atoms with van der Waals surface area (Å²) in [5.74, 6) is 0.0558. The number of rotatable bonds is 5. The van der Waals surface area contributed by atoms with Crippen LogP contribution >= 0.6 is 11.6 Å². The number of halogens is 2. The largest absolute Gasteiger partial charge is 0.383 e. The number of nitrogens with two attached hydrogens (primary N) is 1. The van der Waals surface area contributed by atoms with Gasteiger partial charge >= 0.3 is 0 Å². The highest BCUT2D eigenvalue weighted by Gasteiger charge is 2.20. The number of benzene rings is 1. The zero-order chi connectivity index (χ0) is 17.1. The molecule has 0 unspecified atom stereocenters. The molecule has 0 aliphatic heterocycles. The monoisotopic (exact) mass is 346 g/mol. The van der Waals surface area contributed by atoms with E-state index in [0.717, 1.165) is 24.8 Å². The molecule has 2 heterocycles. The molecule has 24 heavy (non-hydrogen) atoms. The van der Waals surface area contributed by atoms with Crippen LogP contribution in [-0.4, -0.2) is 25.2 Å². The Morgan fingerprint density at radius 1 is 1.29 bits per heavy atom. The molecular formula is C16H16ClFN6. The van der Waals surface area contributed by atoms with E-state index < -0.39 is 5.82 Å². The minimum Gasteiger partial charge on any atom is -0.383 e. The summed E-state index contributed by atoms with van der Waals surface area (Å²) in [6, 6.07) is 6.54. The Hall–Kier alpha value is -2.54. The van der Waals surface area contributed by atoms with Crippen molar-refractivity contribution < 1.29 is 4.39 Å². The highest BCUT2D eigenvalue weighted by Crippen LogP contribution is 2.30. The van der Waals surface area contributed by atoms with Gasteiger partial charge in [0.25, 0.3) is 0 Å². The average Bonchev–Trinajstić information content (AvgIpc) is 3.04. The molecule has 0 radical (unpaired) electrons. The van der Waals surface area contributed by atoms with E-state index in [2.05, 4.69) is 27.4 Å². The highest BCUT2D eigenvalue weighted by atomic mass is 35.5. The Morgan fingerprint density at radius 2 is 2.12 bits per heavy atom. The normalized spacial score (nSPS) is 11.0. The molecule has 0 saturated carbocycles. The van der Waals surface area contributed by atoms with Gasteiger partial charge in [-0.2, -0.15) is 4.68 Å². The molecule has 0 atom stereocenters. The number of nitrogen functional groups attached to an aromatic ring is 1. The van der Waals surface area contributed by atoms with Crippen molar-refractivity contribution in [2.75, 3.05) is 5.73 Å². The van der Waals surface area contributed by atoms with Crippen LogP contribution in [0.2, 0.25) is 5.02 Å². The minimum atomic E-state index is -0.592. The first-order chi connectivity index (χ1) is 11.6. The molecule has 2 aromatic heterocycles. The first-order valence-electron chi connectivity index (χ1n) is 7.60. The van der Waals surface area contributed by atoms with E-state index in [1.807, 2.05) is 6.07 Å². The molecule has 6 nitrogen and oxygen atoms in total. The number of unbranched alkanes of at least 4 members (excludes halogenated alkanes) is 1. The third kappa shape index (κ3) is 2.94. The zero-order valence-electron chi connectivity index (χ0n) is 13.1. The van der Waals surface area contributed by atoms with Crippen LogP contribution in [0.15, 0.2) is 30.5 Å². The number of hydrogen-bond donors (Lipinski definition) is 1. The molecule has 124 valence electrons. The van der Waals surface area contributed by atoms with Crippen molar-refractivity contribution >= 4 is 17.4 Å². The Morgan fingerprint density at radius 3 is 2.92 bits per heavy atom. The molecule has 0 fully saturated rings. The molecule has 0 spiro atoms. The van der Waals surface area contributed by atoms with Crippen LogP contribution in [0, 0.1) is 5.82 Å². The van der Waals surface area contributed by atoms with E-state index in [9.17, 15) is 4.39 Å². The number of pyridine rings is 1. The summed E-state index contributed by atoms with van der Waals surface area (Å²) in [7, 11) is 0. The molecule has 3 aromatic rings. The van der Waals surface area contributed by atoms with Gasteiger partial charge in [0.1, 0.15) is 11.5 Å². The molecule has 0 aliphatic rings. The smallest absolute Gasteiger partial charge is 0.191 e. The van der Waals surface area contributed by atoms with Gasteiger partial charge in [-0.15, -0.1) is 5.10 Å². The Balaban J connectivity index is 2.17. The number of nitrogens with zero attached hydrogens (tertiary/aromatic N) is 5. The second kappa shape index (κ2) is 6.92. The van der Waals surface area contributed by atoms with E-state index >= 15 is 0 Å². The lowest BCUT2D eigenvalue weighted by molar-refractivity contribution is 0.608. The number of hydrogen-bond acceptors (Lipinski definition) is 5. The molecule has 1 aromatic carbocycles. The van der Waals surface area contributed by atoms with Crippen LogP contribution in [-0.2, 0) is 6.42 Å². The van der Waals surface area contributed by atoms with Crippen LogP contribution in [0.25, 0.3) is 17.1 Å². The van der Waals surface area contributed by atoms with Gasteiger partial charge < -0.3 is 5.73 Å². The van der Waals surface area contributed by atoms with Crippen LogP contribution in [0.4, 0.5) is 10.2 Å². The van der Waals surface area contributed by atoms with E-state index in [1.165, 1.54) is 10.7 Å². The number of anilines is 1. The van der Waals surface area contributed by atoms with E-state index in [1.54, 1.807) is 18.3 Å². The summed E-state index contributed by atoms with van der Waals surface area (Å²) in [5.41, 5.74) is 7.81. The number of aryl methyl sites for hydroxylation is 1. The predicted octanol–water partition coefficient (Wildman–Crippen LogP) is 3.44. The first kappa shape index (κ1) is 16.3. The lowest BCUT2D eigenvalue weighted by atomic mass is 10.0. The Labute approximate surface area is 143 Å². The van der Waals surface area contributed by atoms with Crippen molar-refractivity contribution in [3.8, 4) is 17.1 Å². The topological polar surface area (TPSA) is 82.5 Å². The van der Waals surface area contributed by atoms with Crippen LogP contribution in [0.5, 0.6) is 0 Å². The molecule has 0 bridgehead atoms. The molecule has 2 N–H and O–H groups in total. The summed E-state index contributed by atoms with van der Waals surface area (Å²) in [5, 5.41) is 11.6. The van der Waals surface area contributed by atoms with Gasteiger partial charge in [0, 0.05) is 6.20 Å². The van der Waals surface area contributed by atoms with Gasteiger partial charge in [0.2, 0.25) is 0 Å². The molecular weight excluding hydrogens is 331 g/mol. The molecule has 0 saturated heterocycles. The van der Waals surface area contributed by atoms with Crippen molar-refractivity contribution in [2.24, 2.45) is 0 Å². The predicted molar refractivity (Wildman–Crippen MR) is 90.4 cm³/mol. The Kier molecular flexibility index (Phi) is 4.71. The van der Waals surface area contributed by atoms with Crippen LogP contribution < -0.4 is 5.73 Å². The first-order valence-corrected chi connectivity index (χ1v) is 7.97. The highest BCUT2D eigenvalue weighted by molar-refractivity contribution is 6.30. The zero-order valence-corrected chi connectivity index (χ0v) is 13.8. The van der Waals surface area contributed by atoms with Gasteiger partial charge in [-0.3, -0.25) is 0 Å². The maximum absolute atomic E-state index is 14.4. The molecule has 8 heteroatoms. The quantitative estimate of drug-likeness (QED) is 0.765. The fraction of sp³-hybridized carbons (Fsp3) is 0.250. The minimum absolute atomic E-state index is 0.000634. The van der Waals surface area contributed by atoms with Crippen molar-refractivity contribution in [3.05, 3.63) is 46.9 Å². The van der Waals surface area contributed by atoms with Crippen LogP contribution in [0.1, 0.15) is 25.3 Å². The second-order valence-electron chi connectivity index (χ2n) is 5.32. The standard InChI is InChI=1S/C16H16ClFN6/c1-2-3-5-10-8-9-20-15(19)13(10)16-21-22-23-24(16)12-7-4-6-11(17)14(12)18/h4,6-9H,2-3,5H2,1H3,(H2,19,20). The number of aromatic nitrogens is 5. The third-order valence-corrected chi connectivity index (χ3v) is 4.01. The van der Waals surface area contributed by atoms with Gasteiger partial charge in [-0.05, 0) is 47.0 Å². The van der Waals surface area contributed by atoms with Gasteiger partial charge in [0.15, 0.2) is 11.6 Å². The van der Waals surface area contributed by atoms with Crippen molar-refractivity contribution in [1.29, 1.82) is 0 Å². The van der Waals surface area contributed by atoms with Crippen molar-refractivity contribution in [1.82, 2.24) is 25.2 Å². The van der Waals surface area contributed by atoms with Gasteiger partial charge in [-0.1, -0.05) is 31.0 Å². The maximum atomic E-state index is 14.4. The average molecular weight is 347 g/mol. The summed E-state index contributed by atoms with van der Waals surface area (Å²) >= 11 is 5.87. The lowest BCUT2D eigenvalue weighted by Gasteiger charge is -2.12. The second-order valence-corrected chi connectivity index (χ2v) is 5.73. The summed E-state index contributed by atoms with van der Waals surface area (Å²) in [6.07, 6.45) is 4.49. The lowest BCUT2D eigenvalue weighted by Crippen LogP contribution is -2.07. The van der Waals surface area contributed by atoms with E-state index in [0.29, 0.717) is 17.2 Å². The SMILES string of the molecule is CCCCc1ccnc(N)c1-c1nnnn1-c1cccc(Cl)c1F. The molecule has 3 rings (SSSR count). The van der Waals surface area contributed by atoms with Gasteiger partial charge in [-0.25, -0.2) is 9.37 Å². The summed E-state index contributed by atoms with van der Waals surface area (Å²) in [4.78, 5) is 4.13. The van der Waals surface area contributed by atoms with E-state index in [-0.39, 0.29) is 10.7 Å². The van der Waals surface area contributed by atoms with Crippen molar-refractivity contribution in [3.63, 3.8) is 0 Å². The van der Waals surface area contributed by atoms with Crippen LogP contribution in [0.3, 0.4) is 0 Å². The van der Waals surface area contributed by atoms with Gasteiger partial charge in [0.05, 0.1) is 10.6 Å². The summed E-state index contributed by atoms with van der Waals surface area (Å²) < 4.78 is 15.7. The summed E-state index contributed by atoms with van der Waals surface area (Å²) in [6.45, 7) is 2.11. The molecule has 0 amide bonds. The molecule has 0 aliphatic carbocycles. The number of tetrazole rings is 1. The Bertz CT molecular complexity index is 864. The van der Waals surface area contributed by atoms with E-state index in [4.69, 9.17) is 17.3 Å². The van der Waals surface area contributed by atoms with Crippen molar-refractivity contribution in [2.45, 2.75) is 26.2 Å².